The summed E-state index contributed by atoms with van der Waals surface area (Å²) in [6.45, 7) is 2.24. The summed E-state index contributed by atoms with van der Waals surface area (Å²) in [6.07, 6.45) is 14.8. The molecular formula is C14H26O2. The van der Waals surface area contributed by atoms with Crippen LogP contribution in [0.5, 0.6) is 0 Å². The first-order valence-electron chi connectivity index (χ1n) is 6.53. The maximum Gasteiger partial charge on any atom is 0.309 e. The standard InChI is InChI=1S/C14H26O2/c1-3-4-5-6-7-8-9-10-11-12-13-14(15)16-2/h11-12H,3-10,13H2,1-2H3. The number of methoxy groups -OCH3 is 1. The second kappa shape index (κ2) is 12.3. The number of hydrogen-bond acceptors (Lipinski definition) is 2. The van der Waals surface area contributed by atoms with E-state index in [1.54, 1.807) is 0 Å². The third-order valence-electron chi connectivity index (χ3n) is 2.65. The SMILES string of the molecule is CCCCCCCCCC=CCC(=O)OC. The molecule has 0 aromatic heterocycles. The van der Waals surface area contributed by atoms with Crippen LogP contribution in [0.15, 0.2) is 12.2 Å². The van der Waals surface area contributed by atoms with Crippen LogP contribution in [-0.4, -0.2) is 13.1 Å². The average molecular weight is 226 g/mol. The zero-order valence-electron chi connectivity index (χ0n) is 10.8. The molecule has 0 bridgehead atoms. The molecule has 0 atom stereocenters. The summed E-state index contributed by atoms with van der Waals surface area (Å²) in [5.74, 6) is -0.157. The van der Waals surface area contributed by atoms with E-state index in [2.05, 4.69) is 17.7 Å². The minimum atomic E-state index is -0.157. The number of unbranched alkanes of at least 4 members (excludes halogenated alkanes) is 7. The number of hydrogen-bond donors (Lipinski definition) is 0. The Hall–Kier alpha value is -0.790. The Morgan fingerprint density at radius 2 is 1.62 bits per heavy atom. The molecule has 0 amide bonds. The lowest BCUT2D eigenvalue weighted by Crippen LogP contribution is -1.96. The van der Waals surface area contributed by atoms with Gasteiger partial charge >= 0.3 is 5.97 Å². The number of esters is 1. The van der Waals surface area contributed by atoms with Crippen LogP contribution in [0.4, 0.5) is 0 Å². The van der Waals surface area contributed by atoms with Gasteiger partial charge in [-0.1, -0.05) is 57.6 Å². The molecule has 94 valence electrons. The molecule has 0 aromatic rings. The van der Waals surface area contributed by atoms with Crippen molar-refractivity contribution in [2.24, 2.45) is 0 Å². The fraction of sp³-hybridized carbons (Fsp3) is 0.786. The van der Waals surface area contributed by atoms with Gasteiger partial charge in [0.25, 0.3) is 0 Å². The van der Waals surface area contributed by atoms with Crippen molar-refractivity contribution in [3.05, 3.63) is 12.2 Å². The molecule has 0 N–H and O–H groups in total. The average Bonchev–Trinajstić information content (AvgIpc) is 2.31. The van der Waals surface area contributed by atoms with Gasteiger partial charge in [-0.2, -0.15) is 0 Å². The van der Waals surface area contributed by atoms with Crippen molar-refractivity contribution in [1.82, 2.24) is 0 Å². The molecule has 2 nitrogen and oxygen atoms in total. The molecule has 0 aliphatic carbocycles. The highest BCUT2D eigenvalue weighted by Crippen LogP contribution is 2.08. The smallest absolute Gasteiger partial charge is 0.309 e. The molecule has 0 aliphatic heterocycles. The molecule has 0 spiro atoms. The van der Waals surface area contributed by atoms with Crippen molar-refractivity contribution in [3.8, 4) is 0 Å². The molecule has 2 heteroatoms. The van der Waals surface area contributed by atoms with Crippen LogP contribution in [0.25, 0.3) is 0 Å². The zero-order valence-corrected chi connectivity index (χ0v) is 10.8. The van der Waals surface area contributed by atoms with Gasteiger partial charge in [-0.3, -0.25) is 4.79 Å². The number of allylic oxidation sites excluding steroid dienone is 1. The van der Waals surface area contributed by atoms with E-state index in [0.717, 1.165) is 6.42 Å². The van der Waals surface area contributed by atoms with Crippen LogP contribution in [0.1, 0.15) is 64.7 Å². The molecule has 0 fully saturated rings. The molecule has 0 rings (SSSR count). The first kappa shape index (κ1) is 15.2. The zero-order chi connectivity index (χ0) is 12.1. The lowest BCUT2D eigenvalue weighted by atomic mass is 10.1. The Kier molecular flexibility index (Phi) is 11.7. The quantitative estimate of drug-likeness (QED) is 0.316. The van der Waals surface area contributed by atoms with Crippen LogP contribution in [0, 0.1) is 0 Å². The van der Waals surface area contributed by atoms with Gasteiger partial charge in [0, 0.05) is 0 Å². The Morgan fingerprint density at radius 3 is 2.25 bits per heavy atom. The number of rotatable bonds is 10. The highest BCUT2D eigenvalue weighted by atomic mass is 16.5. The van der Waals surface area contributed by atoms with Crippen molar-refractivity contribution in [2.45, 2.75) is 64.7 Å². The fourth-order valence-corrected chi connectivity index (χ4v) is 1.60. The maximum absolute atomic E-state index is 10.8. The summed E-state index contributed by atoms with van der Waals surface area (Å²) in [5, 5.41) is 0. The molecule has 16 heavy (non-hydrogen) atoms. The first-order valence-corrected chi connectivity index (χ1v) is 6.53. The van der Waals surface area contributed by atoms with Crippen molar-refractivity contribution < 1.29 is 9.53 Å². The highest BCUT2D eigenvalue weighted by Gasteiger charge is 1.93. The van der Waals surface area contributed by atoms with Gasteiger partial charge in [-0.25, -0.2) is 0 Å². The largest absolute Gasteiger partial charge is 0.469 e. The van der Waals surface area contributed by atoms with Gasteiger partial charge in [0.2, 0.25) is 0 Å². The van der Waals surface area contributed by atoms with E-state index in [1.807, 2.05) is 6.08 Å². The van der Waals surface area contributed by atoms with E-state index < -0.39 is 0 Å². The lowest BCUT2D eigenvalue weighted by Gasteiger charge is -1.98. The molecule has 0 unspecified atom stereocenters. The van der Waals surface area contributed by atoms with Gasteiger partial charge in [0.1, 0.15) is 0 Å². The normalized spacial score (nSPS) is 10.9. The summed E-state index contributed by atoms with van der Waals surface area (Å²) in [4.78, 5) is 10.8. The maximum atomic E-state index is 10.8. The second-order valence-corrected chi connectivity index (χ2v) is 4.16. The van der Waals surface area contributed by atoms with Crippen molar-refractivity contribution in [1.29, 1.82) is 0 Å². The Balaban J connectivity index is 3.11. The third kappa shape index (κ3) is 11.3. The predicted molar refractivity (Wildman–Crippen MR) is 68.4 cm³/mol. The number of carbonyl (C=O) groups excluding carboxylic acids is 1. The van der Waals surface area contributed by atoms with E-state index in [0.29, 0.717) is 6.42 Å². The summed E-state index contributed by atoms with van der Waals surface area (Å²) in [6, 6.07) is 0. The van der Waals surface area contributed by atoms with Gasteiger partial charge < -0.3 is 4.74 Å². The van der Waals surface area contributed by atoms with Crippen LogP contribution in [0.2, 0.25) is 0 Å². The van der Waals surface area contributed by atoms with Crippen LogP contribution < -0.4 is 0 Å². The molecule has 0 aliphatic rings. The van der Waals surface area contributed by atoms with Crippen LogP contribution in [0.3, 0.4) is 0 Å². The molecule has 0 radical (unpaired) electrons. The van der Waals surface area contributed by atoms with Gasteiger partial charge in [0.15, 0.2) is 0 Å². The second-order valence-electron chi connectivity index (χ2n) is 4.16. The predicted octanol–water partition coefficient (Wildman–Crippen LogP) is 4.25. The number of carbonyl (C=O) groups is 1. The van der Waals surface area contributed by atoms with Gasteiger partial charge in [0.05, 0.1) is 13.5 Å². The Morgan fingerprint density at radius 1 is 1.00 bits per heavy atom. The first-order chi connectivity index (χ1) is 7.81. The Labute approximate surface area is 100 Å². The molecule has 0 heterocycles. The highest BCUT2D eigenvalue weighted by molar-refractivity contribution is 5.70. The molecular weight excluding hydrogens is 200 g/mol. The van der Waals surface area contributed by atoms with Crippen LogP contribution >= 0.6 is 0 Å². The minimum Gasteiger partial charge on any atom is -0.469 e. The van der Waals surface area contributed by atoms with Crippen molar-refractivity contribution in [3.63, 3.8) is 0 Å². The topological polar surface area (TPSA) is 26.3 Å². The van der Waals surface area contributed by atoms with Gasteiger partial charge in [-0.05, 0) is 12.8 Å². The summed E-state index contributed by atoms with van der Waals surface area (Å²) in [7, 11) is 1.42. The fourth-order valence-electron chi connectivity index (χ4n) is 1.60. The molecule has 0 saturated heterocycles. The van der Waals surface area contributed by atoms with E-state index in [1.165, 1.54) is 52.1 Å². The van der Waals surface area contributed by atoms with E-state index >= 15 is 0 Å². The monoisotopic (exact) mass is 226 g/mol. The summed E-state index contributed by atoms with van der Waals surface area (Å²) < 4.78 is 4.54. The van der Waals surface area contributed by atoms with Crippen LogP contribution in [-0.2, 0) is 9.53 Å². The van der Waals surface area contributed by atoms with E-state index in [9.17, 15) is 4.79 Å². The number of ether oxygens (including phenoxy) is 1. The summed E-state index contributed by atoms with van der Waals surface area (Å²) in [5.41, 5.74) is 0. The van der Waals surface area contributed by atoms with Gasteiger partial charge in [-0.15, -0.1) is 0 Å². The summed E-state index contributed by atoms with van der Waals surface area (Å²) >= 11 is 0. The molecule has 0 saturated carbocycles. The van der Waals surface area contributed by atoms with Crippen molar-refractivity contribution in [2.75, 3.05) is 7.11 Å². The van der Waals surface area contributed by atoms with Crippen molar-refractivity contribution >= 4 is 5.97 Å². The van der Waals surface area contributed by atoms with E-state index in [4.69, 9.17) is 0 Å². The third-order valence-corrected chi connectivity index (χ3v) is 2.65. The van der Waals surface area contributed by atoms with E-state index in [-0.39, 0.29) is 5.97 Å². The lowest BCUT2D eigenvalue weighted by molar-refractivity contribution is -0.139. The Bertz CT molecular complexity index is 185. The minimum absolute atomic E-state index is 0.157. The molecule has 0 aromatic carbocycles.